The second kappa shape index (κ2) is 10.3. The molecule has 0 aromatic heterocycles. The summed E-state index contributed by atoms with van der Waals surface area (Å²) in [4.78, 5) is 24.2. The van der Waals surface area contributed by atoms with Gasteiger partial charge in [-0.05, 0) is 43.3 Å². The van der Waals surface area contributed by atoms with Gasteiger partial charge in [-0.3, -0.25) is 9.59 Å². The third kappa shape index (κ3) is 6.11. The van der Waals surface area contributed by atoms with Gasteiger partial charge < -0.3 is 24.3 Å². The van der Waals surface area contributed by atoms with E-state index in [1.54, 1.807) is 18.2 Å². The highest BCUT2D eigenvalue weighted by Gasteiger charge is 2.24. The Bertz CT molecular complexity index is 1070. The number of amides is 1. The van der Waals surface area contributed by atoms with E-state index in [4.69, 9.17) is 18.9 Å². The fourth-order valence-corrected chi connectivity index (χ4v) is 4.00. The molecule has 3 rings (SSSR count). The van der Waals surface area contributed by atoms with E-state index in [-0.39, 0.29) is 4.90 Å². The summed E-state index contributed by atoms with van der Waals surface area (Å²) in [5.74, 6) is 0.119. The number of methoxy groups -OCH3 is 1. The molecule has 1 heterocycles. The van der Waals surface area contributed by atoms with Crippen LogP contribution in [0.1, 0.15) is 13.3 Å². The number of ether oxygens (including phenoxy) is 4. The minimum Gasteiger partial charge on any atom is -0.497 e. The Hall–Kier alpha value is -3.31. The summed E-state index contributed by atoms with van der Waals surface area (Å²) in [5, 5.41) is 2.59. The molecule has 0 saturated heterocycles. The zero-order valence-corrected chi connectivity index (χ0v) is 18.4. The average molecular weight is 464 g/mol. The molecule has 1 aliphatic rings. The number of esters is 1. The lowest BCUT2D eigenvalue weighted by Gasteiger charge is -2.14. The Kier molecular flexibility index (Phi) is 7.54. The van der Waals surface area contributed by atoms with Crippen LogP contribution in [0.15, 0.2) is 47.4 Å². The minimum absolute atomic E-state index is 0.0369. The molecule has 172 valence electrons. The van der Waals surface area contributed by atoms with E-state index in [1.165, 1.54) is 38.3 Å². The van der Waals surface area contributed by atoms with Crippen LogP contribution < -0.4 is 24.2 Å². The Morgan fingerprint density at radius 1 is 1.06 bits per heavy atom. The topological polar surface area (TPSA) is 129 Å². The first kappa shape index (κ1) is 23.4. The van der Waals surface area contributed by atoms with E-state index in [1.807, 2.05) is 0 Å². The number of hydrogen-bond acceptors (Lipinski definition) is 8. The molecular formula is C21H24N2O8S. The van der Waals surface area contributed by atoms with E-state index < -0.39 is 34.5 Å². The first-order valence-corrected chi connectivity index (χ1v) is 11.3. The van der Waals surface area contributed by atoms with Gasteiger partial charge >= 0.3 is 5.97 Å². The van der Waals surface area contributed by atoms with Crippen LogP contribution in [0.3, 0.4) is 0 Å². The van der Waals surface area contributed by atoms with Crippen LogP contribution in [0.4, 0.5) is 5.69 Å². The summed E-state index contributed by atoms with van der Waals surface area (Å²) in [7, 11) is -2.50. The highest BCUT2D eigenvalue weighted by atomic mass is 32.2. The van der Waals surface area contributed by atoms with Crippen molar-refractivity contribution in [3.05, 3.63) is 42.5 Å². The summed E-state index contributed by atoms with van der Waals surface area (Å²) in [6, 6.07) is 9.41. The van der Waals surface area contributed by atoms with Gasteiger partial charge in [0.1, 0.15) is 11.8 Å². The van der Waals surface area contributed by atoms with Crippen molar-refractivity contribution in [1.29, 1.82) is 0 Å². The van der Waals surface area contributed by atoms with Crippen molar-refractivity contribution in [2.45, 2.75) is 24.3 Å². The fraction of sp³-hybridized carbons (Fsp3) is 0.333. The smallest absolute Gasteiger partial charge is 0.324 e. The maximum atomic E-state index is 12.4. The summed E-state index contributed by atoms with van der Waals surface area (Å²) >= 11 is 0. The number of carbonyl (C=O) groups is 2. The molecular weight excluding hydrogens is 440 g/mol. The summed E-state index contributed by atoms with van der Waals surface area (Å²) in [5.41, 5.74) is 0.448. The lowest BCUT2D eigenvalue weighted by Crippen LogP contribution is -2.40. The highest BCUT2D eigenvalue weighted by molar-refractivity contribution is 7.89. The van der Waals surface area contributed by atoms with Crippen LogP contribution in [-0.4, -0.2) is 53.3 Å². The first-order valence-electron chi connectivity index (χ1n) is 9.81. The van der Waals surface area contributed by atoms with Crippen LogP contribution >= 0.6 is 0 Å². The predicted octanol–water partition coefficient (Wildman–Crippen LogP) is 1.71. The third-order valence-electron chi connectivity index (χ3n) is 4.43. The van der Waals surface area contributed by atoms with Crippen molar-refractivity contribution in [2.24, 2.45) is 0 Å². The zero-order valence-electron chi connectivity index (χ0n) is 17.6. The number of fused-ring (bicyclic) bond motifs is 1. The van der Waals surface area contributed by atoms with Gasteiger partial charge in [-0.25, -0.2) is 8.42 Å². The molecule has 0 aliphatic carbocycles. The van der Waals surface area contributed by atoms with Crippen LogP contribution in [-0.2, 0) is 24.3 Å². The molecule has 1 aliphatic heterocycles. The van der Waals surface area contributed by atoms with E-state index in [0.29, 0.717) is 36.1 Å². The number of nitrogens with one attached hydrogen (secondary N) is 2. The van der Waals surface area contributed by atoms with Gasteiger partial charge in [-0.1, -0.05) is 0 Å². The zero-order chi connectivity index (χ0) is 23.1. The molecule has 1 unspecified atom stereocenters. The quantitative estimate of drug-likeness (QED) is 0.565. The van der Waals surface area contributed by atoms with E-state index >= 15 is 0 Å². The van der Waals surface area contributed by atoms with Crippen LogP contribution in [0.2, 0.25) is 0 Å². The molecule has 1 amide bonds. The standard InChI is InChI=1S/C21H24N2O8S/c1-14(23-32(26,27)17-7-5-16(28-2)6-8-17)21(25)31-13-20(24)22-15-4-9-18-19(12-15)30-11-3-10-29-18/h4-9,12,14,23H,3,10-11,13H2,1-2H3,(H,22,24). The Balaban J connectivity index is 1.51. The molecule has 0 bridgehead atoms. The SMILES string of the molecule is COc1ccc(S(=O)(=O)NC(C)C(=O)OCC(=O)Nc2ccc3c(c2)OCCCO3)cc1. The van der Waals surface area contributed by atoms with E-state index in [9.17, 15) is 18.0 Å². The predicted molar refractivity (Wildman–Crippen MR) is 114 cm³/mol. The molecule has 0 fully saturated rings. The van der Waals surface area contributed by atoms with Crippen molar-refractivity contribution in [3.8, 4) is 17.2 Å². The summed E-state index contributed by atoms with van der Waals surface area (Å²) in [6.45, 7) is 1.80. The van der Waals surface area contributed by atoms with Crippen LogP contribution in [0.5, 0.6) is 17.2 Å². The molecule has 2 aromatic rings. The van der Waals surface area contributed by atoms with Gasteiger partial charge in [-0.15, -0.1) is 0 Å². The van der Waals surface area contributed by atoms with E-state index in [2.05, 4.69) is 10.0 Å². The largest absolute Gasteiger partial charge is 0.497 e. The number of sulfonamides is 1. The van der Waals surface area contributed by atoms with Crippen LogP contribution in [0.25, 0.3) is 0 Å². The van der Waals surface area contributed by atoms with Gasteiger partial charge in [0.15, 0.2) is 18.1 Å². The molecule has 0 radical (unpaired) electrons. The fourth-order valence-electron chi connectivity index (χ4n) is 2.80. The minimum atomic E-state index is -3.96. The molecule has 0 spiro atoms. The van der Waals surface area contributed by atoms with Gasteiger partial charge in [0.2, 0.25) is 10.0 Å². The van der Waals surface area contributed by atoms with Crippen molar-refractivity contribution >= 4 is 27.6 Å². The average Bonchev–Trinajstić information content (AvgIpc) is 3.02. The Labute approximate surface area is 185 Å². The molecule has 10 nitrogen and oxygen atoms in total. The third-order valence-corrected chi connectivity index (χ3v) is 5.99. The van der Waals surface area contributed by atoms with Crippen molar-refractivity contribution in [1.82, 2.24) is 4.72 Å². The lowest BCUT2D eigenvalue weighted by atomic mass is 10.2. The van der Waals surface area contributed by atoms with Crippen molar-refractivity contribution < 1.29 is 37.0 Å². The Morgan fingerprint density at radius 3 is 2.44 bits per heavy atom. The monoisotopic (exact) mass is 464 g/mol. The molecule has 2 N–H and O–H groups in total. The molecule has 1 atom stereocenters. The summed E-state index contributed by atoms with van der Waals surface area (Å²) < 4.78 is 48.0. The molecule has 2 aromatic carbocycles. The number of anilines is 1. The maximum Gasteiger partial charge on any atom is 0.324 e. The second-order valence-corrected chi connectivity index (χ2v) is 8.60. The van der Waals surface area contributed by atoms with Crippen LogP contribution in [0, 0.1) is 0 Å². The normalized spacial score (nSPS) is 14.1. The second-order valence-electron chi connectivity index (χ2n) is 6.89. The number of carbonyl (C=O) groups excluding carboxylic acids is 2. The molecule has 11 heteroatoms. The highest BCUT2D eigenvalue weighted by Crippen LogP contribution is 2.32. The maximum absolute atomic E-state index is 12.4. The number of hydrogen-bond donors (Lipinski definition) is 2. The molecule has 32 heavy (non-hydrogen) atoms. The van der Waals surface area contributed by atoms with Gasteiger partial charge in [0.05, 0.1) is 25.2 Å². The lowest BCUT2D eigenvalue weighted by molar-refractivity contribution is -0.148. The number of benzene rings is 2. The van der Waals surface area contributed by atoms with Gasteiger partial charge in [-0.2, -0.15) is 4.72 Å². The first-order chi connectivity index (χ1) is 15.3. The van der Waals surface area contributed by atoms with Gasteiger partial charge in [0, 0.05) is 18.2 Å². The summed E-state index contributed by atoms with van der Waals surface area (Å²) in [6.07, 6.45) is 0.757. The number of rotatable bonds is 8. The van der Waals surface area contributed by atoms with Gasteiger partial charge in [0.25, 0.3) is 5.91 Å². The Morgan fingerprint density at radius 2 is 1.75 bits per heavy atom. The van der Waals surface area contributed by atoms with E-state index in [0.717, 1.165) is 6.42 Å². The van der Waals surface area contributed by atoms with Crippen molar-refractivity contribution in [3.63, 3.8) is 0 Å². The van der Waals surface area contributed by atoms with Crippen molar-refractivity contribution in [2.75, 3.05) is 32.2 Å². The molecule has 0 saturated carbocycles.